The van der Waals surface area contributed by atoms with E-state index < -0.39 is 17.7 Å². The summed E-state index contributed by atoms with van der Waals surface area (Å²) in [6.45, 7) is 16.3. The van der Waals surface area contributed by atoms with Gasteiger partial charge in [0.15, 0.2) is 0 Å². The monoisotopic (exact) mass is 314 g/mol. The highest BCUT2D eigenvalue weighted by atomic mass is 16.6. The smallest absolute Gasteiger partial charge is 0.408 e. The van der Waals surface area contributed by atoms with Crippen molar-refractivity contribution in [3.63, 3.8) is 0 Å². The second kappa shape index (κ2) is 8.39. The third-order valence-corrected chi connectivity index (χ3v) is 3.02. The zero-order valence-electron chi connectivity index (χ0n) is 15.5. The lowest BCUT2D eigenvalue weighted by Crippen LogP contribution is -2.51. The van der Waals surface area contributed by atoms with Gasteiger partial charge in [0.2, 0.25) is 5.91 Å². The molecule has 0 saturated heterocycles. The quantitative estimate of drug-likeness (QED) is 0.738. The molecule has 1 atom stereocenters. The molecule has 5 heteroatoms. The third kappa shape index (κ3) is 10.5. The molecule has 0 heterocycles. The molecule has 0 spiro atoms. The van der Waals surface area contributed by atoms with E-state index in [1.54, 1.807) is 20.8 Å². The van der Waals surface area contributed by atoms with E-state index in [0.29, 0.717) is 6.54 Å². The van der Waals surface area contributed by atoms with Crippen molar-refractivity contribution in [3.05, 3.63) is 0 Å². The summed E-state index contributed by atoms with van der Waals surface area (Å²) in [6.07, 6.45) is 1.40. The van der Waals surface area contributed by atoms with Gasteiger partial charge in [-0.2, -0.15) is 0 Å². The minimum absolute atomic E-state index is 0.00451. The Balaban J connectivity index is 4.38. The number of alkyl carbamates (subject to hydrolysis) is 1. The van der Waals surface area contributed by atoms with Crippen molar-refractivity contribution in [1.82, 2.24) is 10.6 Å². The molecule has 0 aromatic heterocycles. The van der Waals surface area contributed by atoms with Crippen LogP contribution in [0, 0.1) is 11.3 Å². The zero-order valence-corrected chi connectivity index (χ0v) is 15.5. The Morgan fingerprint density at radius 3 is 2.00 bits per heavy atom. The number of ether oxygens (including phenoxy) is 1. The maximum Gasteiger partial charge on any atom is 0.408 e. The van der Waals surface area contributed by atoms with Crippen molar-refractivity contribution in [3.8, 4) is 0 Å². The van der Waals surface area contributed by atoms with E-state index >= 15 is 0 Å². The Bertz CT molecular complexity index is 365. The average Bonchev–Trinajstić information content (AvgIpc) is 2.27. The molecule has 0 rings (SSSR count). The highest BCUT2D eigenvalue weighted by Crippen LogP contribution is 2.19. The third-order valence-electron chi connectivity index (χ3n) is 3.02. The van der Waals surface area contributed by atoms with Gasteiger partial charge in [-0.15, -0.1) is 0 Å². The molecule has 2 N–H and O–H groups in total. The molecule has 0 fully saturated rings. The number of rotatable bonds is 6. The second-order valence-corrected chi connectivity index (χ2v) is 8.32. The van der Waals surface area contributed by atoms with Crippen LogP contribution in [0.15, 0.2) is 0 Å². The first-order chi connectivity index (χ1) is 9.82. The van der Waals surface area contributed by atoms with Crippen LogP contribution in [0.5, 0.6) is 0 Å². The molecule has 0 aromatic rings. The maximum absolute atomic E-state index is 12.2. The van der Waals surface area contributed by atoms with Gasteiger partial charge in [-0.25, -0.2) is 4.79 Å². The highest BCUT2D eigenvalue weighted by Gasteiger charge is 2.26. The van der Waals surface area contributed by atoms with E-state index in [9.17, 15) is 9.59 Å². The normalized spacial score (nSPS) is 13.7. The lowest BCUT2D eigenvalue weighted by atomic mass is 9.90. The lowest BCUT2D eigenvalue weighted by molar-refractivity contribution is -0.124. The SMILES string of the molecule is CC(C)C(NC(=O)OC(C)(C)C)C(=O)NCCCC(C)(C)C. The van der Waals surface area contributed by atoms with Crippen molar-refractivity contribution in [2.45, 2.75) is 79.9 Å². The Labute approximate surface area is 135 Å². The summed E-state index contributed by atoms with van der Waals surface area (Å²) in [7, 11) is 0. The van der Waals surface area contributed by atoms with Crippen LogP contribution < -0.4 is 10.6 Å². The van der Waals surface area contributed by atoms with Gasteiger partial charge in [0.05, 0.1) is 0 Å². The van der Waals surface area contributed by atoms with Gasteiger partial charge in [-0.3, -0.25) is 4.79 Å². The van der Waals surface area contributed by atoms with Crippen molar-refractivity contribution >= 4 is 12.0 Å². The van der Waals surface area contributed by atoms with Crippen molar-refractivity contribution in [2.24, 2.45) is 11.3 Å². The first kappa shape index (κ1) is 20.7. The topological polar surface area (TPSA) is 67.4 Å². The molecule has 130 valence electrons. The van der Waals surface area contributed by atoms with Gasteiger partial charge < -0.3 is 15.4 Å². The van der Waals surface area contributed by atoms with Crippen LogP contribution in [0.3, 0.4) is 0 Å². The Morgan fingerprint density at radius 2 is 1.59 bits per heavy atom. The van der Waals surface area contributed by atoms with Crippen LogP contribution >= 0.6 is 0 Å². The van der Waals surface area contributed by atoms with Crippen molar-refractivity contribution < 1.29 is 14.3 Å². The predicted molar refractivity (Wildman–Crippen MR) is 89.7 cm³/mol. The van der Waals surface area contributed by atoms with Gasteiger partial charge in [0.25, 0.3) is 0 Å². The maximum atomic E-state index is 12.2. The summed E-state index contributed by atoms with van der Waals surface area (Å²) in [6, 6.07) is -0.579. The fourth-order valence-corrected chi connectivity index (χ4v) is 1.91. The minimum Gasteiger partial charge on any atom is -0.444 e. The van der Waals surface area contributed by atoms with Crippen molar-refractivity contribution in [2.75, 3.05) is 6.54 Å². The fraction of sp³-hybridized carbons (Fsp3) is 0.882. The van der Waals surface area contributed by atoms with Crippen LogP contribution in [-0.4, -0.2) is 30.2 Å². The lowest BCUT2D eigenvalue weighted by Gasteiger charge is -2.25. The number of hydrogen-bond donors (Lipinski definition) is 2. The first-order valence-electron chi connectivity index (χ1n) is 8.09. The molecule has 0 bridgehead atoms. The molecule has 0 saturated carbocycles. The van der Waals surface area contributed by atoms with E-state index in [-0.39, 0.29) is 17.2 Å². The van der Waals surface area contributed by atoms with Gasteiger partial charge in [0, 0.05) is 6.54 Å². The molecule has 0 radical (unpaired) electrons. The van der Waals surface area contributed by atoms with E-state index in [4.69, 9.17) is 4.74 Å². The molecule has 0 aliphatic rings. The Morgan fingerprint density at radius 1 is 1.05 bits per heavy atom. The molecule has 2 amide bonds. The fourth-order valence-electron chi connectivity index (χ4n) is 1.91. The number of amides is 2. The summed E-state index contributed by atoms with van der Waals surface area (Å²) in [5.41, 5.74) is -0.314. The van der Waals surface area contributed by atoms with Gasteiger partial charge >= 0.3 is 6.09 Å². The summed E-state index contributed by atoms with van der Waals surface area (Å²) in [5, 5.41) is 5.55. The standard InChI is InChI=1S/C17H34N2O3/c1-12(2)13(19-15(21)22-17(6,7)8)14(20)18-11-9-10-16(3,4)5/h12-13H,9-11H2,1-8H3,(H,18,20)(H,19,21). The van der Waals surface area contributed by atoms with Crippen molar-refractivity contribution in [1.29, 1.82) is 0 Å². The van der Waals surface area contributed by atoms with Gasteiger partial charge in [-0.1, -0.05) is 34.6 Å². The molecule has 0 aliphatic carbocycles. The molecule has 1 unspecified atom stereocenters. The number of nitrogens with one attached hydrogen (secondary N) is 2. The summed E-state index contributed by atoms with van der Waals surface area (Å²) < 4.78 is 5.21. The minimum atomic E-state index is -0.579. The molecule has 5 nitrogen and oxygen atoms in total. The van der Waals surface area contributed by atoms with Crippen LogP contribution in [0.1, 0.15) is 68.2 Å². The highest BCUT2D eigenvalue weighted by molar-refractivity contribution is 5.85. The Hall–Kier alpha value is -1.26. The van der Waals surface area contributed by atoms with Crippen LogP contribution in [0.4, 0.5) is 4.79 Å². The summed E-state index contributed by atoms with van der Waals surface area (Å²) in [5.74, 6) is -0.162. The number of hydrogen-bond acceptors (Lipinski definition) is 3. The molecule has 0 aliphatic heterocycles. The van der Waals surface area contributed by atoms with Gasteiger partial charge in [0.1, 0.15) is 11.6 Å². The molecule has 22 heavy (non-hydrogen) atoms. The van der Waals surface area contributed by atoms with E-state index in [0.717, 1.165) is 12.8 Å². The van der Waals surface area contributed by atoms with Crippen LogP contribution in [-0.2, 0) is 9.53 Å². The molecular formula is C17H34N2O3. The van der Waals surface area contributed by atoms with E-state index in [1.165, 1.54) is 0 Å². The number of carbonyl (C=O) groups is 2. The second-order valence-electron chi connectivity index (χ2n) is 8.32. The average molecular weight is 314 g/mol. The summed E-state index contributed by atoms with van der Waals surface area (Å²) >= 11 is 0. The van der Waals surface area contributed by atoms with E-state index in [2.05, 4.69) is 31.4 Å². The van der Waals surface area contributed by atoms with Crippen LogP contribution in [0.2, 0.25) is 0 Å². The molecular weight excluding hydrogens is 280 g/mol. The summed E-state index contributed by atoms with van der Waals surface area (Å²) in [4.78, 5) is 24.1. The predicted octanol–water partition coefficient (Wildman–Crippen LogP) is 3.48. The Kier molecular flexibility index (Phi) is 7.91. The van der Waals surface area contributed by atoms with Crippen LogP contribution in [0.25, 0.3) is 0 Å². The van der Waals surface area contributed by atoms with Gasteiger partial charge in [-0.05, 0) is 44.9 Å². The zero-order chi connectivity index (χ0) is 17.6. The first-order valence-corrected chi connectivity index (χ1v) is 8.09. The van der Waals surface area contributed by atoms with E-state index in [1.807, 2.05) is 13.8 Å². The molecule has 0 aromatic carbocycles. The number of carbonyl (C=O) groups excluding carboxylic acids is 2. The largest absolute Gasteiger partial charge is 0.444 e.